The summed E-state index contributed by atoms with van der Waals surface area (Å²) in [7, 11) is 0. The largest absolute Gasteiger partial charge is 0.383 e. The van der Waals surface area contributed by atoms with E-state index in [1.807, 2.05) is 12.1 Å². The van der Waals surface area contributed by atoms with Gasteiger partial charge >= 0.3 is 0 Å². The minimum atomic E-state index is -0.783. The first-order valence-electron chi connectivity index (χ1n) is 5.76. The van der Waals surface area contributed by atoms with Crippen molar-refractivity contribution in [2.24, 2.45) is 0 Å². The summed E-state index contributed by atoms with van der Waals surface area (Å²) in [6.45, 7) is 0. The van der Waals surface area contributed by atoms with Crippen LogP contribution < -0.4 is 0 Å². The molecule has 1 N–H and O–H groups in total. The van der Waals surface area contributed by atoms with Crippen LogP contribution in [-0.2, 0) is 0 Å². The van der Waals surface area contributed by atoms with Crippen molar-refractivity contribution in [2.75, 3.05) is 0 Å². The fraction of sp³-hybridized carbons (Fsp3) is 0.0667. The molecule has 1 unspecified atom stereocenters. The van der Waals surface area contributed by atoms with Gasteiger partial charge in [-0.25, -0.2) is 4.39 Å². The smallest absolute Gasteiger partial charge is 0.123 e. The molecule has 0 aliphatic rings. The van der Waals surface area contributed by atoms with Crippen LogP contribution in [0.3, 0.4) is 0 Å². The van der Waals surface area contributed by atoms with E-state index in [4.69, 9.17) is 11.6 Å². The summed E-state index contributed by atoms with van der Waals surface area (Å²) in [6, 6.07) is 13.6. The Bertz CT molecular complexity index is 738. The van der Waals surface area contributed by atoms with E-state index in [0.717, 1.165) is 15.0 Å². The third-order valence-electron chi connectivity index (χ3n) is 2.97. The normalized spacial score (nSPS) is 12.8. The van der Waals surface area contributed by atoms with Crippen molar-refractivity contribution in [2.45, 2.75) is 6.10 Å². The molecule has 1 nitrogen and oxygen atoms in total. The molecule has 3 rings (SSSR count). The van der Waals surface area contributed by atoms with Gasteiger partial charge in [0.1, 0.15) is 11.9 Å². The van der Waals surface area contributed by atoms with E-state index in [1.165, 1.54) is 23.5 Å². The van der Waals surface area contributed by atoms with Gasteiger partial charge in [-0.05, 0) is 35.7 Å². The standard InChI is InChI=1S/C15H10ClFOS/c16-12-4-2-1-3-11(12)15(18)14-8-9-7-10(17)5-6-13(9)19-14/h1-8,15,18H. The van der Waals surface area contributed by atoms with E-state index in [9.17, 15) is 9.50 Å². The molecule has 0 bridgehead atoms. The molecule has 0 aliphatic carbocycles. The van der Waals surface area contributed by atoms with Crippen molar-refractivity contribution in [1.29, 1.82) is 0 Å². The maximum absolute atomic E-state index is 13.2. The lowest BCUT2D eigenvalue weighted by Gasteiger charge is -2.10. The Morgan fingerprint density at radius 1 is 1.11 bits per heavy atom. The number of benzene rings is 2. The second-order valence-electron chi connectivity index (χ2n) is 4.25. The predicted molar refractivity (Wildman–Crippen MR) is 77.3 cm³/mol. The third kappa shape index (κ3) is 2.37. The van der Waals surface area contributed by atoms with Crippen LogP contribution in [0.2, 0.25) is 5.02 Å². The molecule has 4 heteroatoms. The summed E-state index contributed by atoms with van der Waals surface area (Å²) in [4.78, 5) is 0.758. The van der Waals surface area contributed by atoms with Gasteiger partial charge < -0.3 is 5.11 Å². The zero-order chi connectivity index (χ0) is 13.4. The molecule has 1 atom stereocenters. The highest BCUT2D eigenvalue weighted by Crippen LogP contribution is 2.35. The van der Waals surface area contributed by atoms with E-state index in [-0.39, 0.29) is 5.82 Å². The highest BCUT2D eigenvalue weighted by Gasteiger charge is 2.16. The van der Waals surface area contributed by atoms with E-state index in [2.05, 4.69) is 0 Å². The van der Waals surface area contributed by atoms with E-state index < -0.39 is 6.10 Å². The minimum Gasteiger partial charge on any atom is -0.383 e. The Hall–Kier alpha value is -1.42. The summed E-state index contributed by atoms with van der Waals surface area (Å²) < 4.78 is 14.1. The Labute approximate surface area is 118 Å². The lowest BCUT2D eigenvalue weighted by Crippen LogP contribution is -1.97. The topological polar surface area (TPSA) is 20.2 Å². The zero-order valence-electron chi connectivity index (χ0n) is 9.81. The van der Waals surface area contributed by atoms with Crippen molar-refractivity contribution in [3.63, 3.8) is 0 Å². The molecule has 19 heavy (non-hydrogen) atoms. The highest BCUT2D eigenvalue weighted by molar-refractivity contribution is 7.19. The van der Waals surface area contributed by atoms with Gasteiger partial charge in [0, 0.05) is 20.2 Å². The Kier molecular flexibility index (Phi) is 3.27. The number of aliphatic hydroxyl groups is 1. The van der Waals surface area contributed by atoms with Gasteiger partial charge in [-0.2, -0.15) is 0 Å². The number of aliphatic hydroxyl groups excluding tert-OH is 1. The number of thiophene rings is 1. The number of hydrogen-bond donors (Lipinski definition) is 1. The molecule has 0 aliphatic heterocycles. The molecule has 0 fully saturated rings. The van der Waals surface area contributed by atoms with Crippen molar-refractivity contribution in [3.05, 3.63) is 69.8 Å². The molecule has 0 saturated carbocycles. The second-order valence-corrected chi connectivity index (χ2v) is 5.78. The van der Waals surface area contributed by atoms with E-state index in [1.54, 1.807) is 24.3 Å². The monoisotopic (exact) mass is 292 g/mol. The van der Waals surface area contributed by atoms with Crippen LogP contribution in [-0.4, -0.2) is 5.11 Å². The van der Waals surface area contributed by atoms with Crippen molar-refractivity contribution in [1.82, 2.24) is 0 Å². The average molecular weight is 293 g/mol. The van der Waals surface area contributed by atoms with Gasteiger partial charge in [-0.1, -0.05) is 29.8 Å². The Morgan fingerprint density at radius 2 is 1.89 bits per heavy atom. The summed E-state index contributed by atoms with van der Waals surface area (Å²) >= 11 is 7.52. The first-order valence-corrected chi connectivity index (χ1v) is 6.96. The first-order chi connectivity index (χ1) is 9.15. The molecule has 1 heterocycles. The first kappa shape index (κ1) is 12.6. The second kappa shape index (κ2) is 4.93. The molecular formula is C15H10ClFOS. The lowest BCUT2D eigenvalue weighted by atomic mass is 10.1. The van der Waals surface area contributed by atoms with Crippen LogP contribution in [0.1, 0.15) is 16.5 Å². The fourth-order valence-corrected chi connectivity index (χ4v) is 3.31. The molecular weight excluding hydrogens is 283 g/mol. The van der Waals surface area contributed by atoms with Gasteiger partial charge in [-0.3, -0.25) is 0 Å². The molecule has 1 aromatic heterocycles. The van der Waals surface area contributed by atoms with Gasteiger partial charge in [-0.15, -0.1) is 11.3 Å². The number of fused-ring (bicyclic) bond motifs is 1. The predicted octanol–water partition coefficient (Wildman–Crippen LogP) is 4.78. The van der Waals surface area contributed by atoms with Crippen molar-refractivity contribution in [3.8, 4) is 0 Å². The van der Waals surface area contributed by atoms with E-state index in [0.29, 0.717) is 10.6 Å². The third-order valence-corrected chi connectivity index (χ3v) is 4.48. The summed E-state index contributed by atoms with van der Waals surface area (Å²) in [6.07, 6.45) is -0.783. The molecule has 96 valence electrons. The molecule has 0 amide bonds. The molecule has 0 spiro atoms. The SMILES string of the molecule is OC(c1cc2cc(F)ccc2s1)c1ccccc1Cl. The van der Waals surface area contributed by atoms with Gasteiger partial charge in [0.25, 0.3) is 0 Å². The van der Waals surface area contributed by atoms with Crippen LogP contribution >= 0.6 is 22.9 Å². The molecule has 0 radical (unpaired) electrons. The van der Waals surface area contributed by atoms with Crippen molar-refractivity contribution < 1.29 is 9.50 Å². The van der Waals surface area contributed by atoms with Crippen LogP contribution in [0.4, 0.5) is 4.39 Å². The summed E-state index contributed by atoms with van der Waals surface area (Å²) in [5.41, 5.74) is 0.663. The van der Waals surface area contributed by atoms with Gasteiger partial charge in [0.2, 0.25) is 0 Å². The zero-order valence-corrected chi connectivity index (χ0v) is 11.4. The minimum absolute atomic E-state index is 0.274. The maximum atomic E-state index is 13.2. The molecule has 0 saturated heterocycles. The van der Waals surface area contributed by atoms with Crippen LogP contribution in [0, 0.1) is 5.82 Å². The van der Waals surface area contributed by atoms with E-state index >= 15 is 0 Å². The lowest BCUT2D eigenvalue weighted by molar-refractivity contribution is 0.224. The van der Waals surface area contributed by atoms with Crippen LogP contribution in [0.25, 0.3) is 10.1 Å². The van der Waals surface area contributed by atoms with Crippen LogP contribution in [0.15, 0.2) is 48.5 Å². The maximum Gasteiger partial charge on any atom is 0.123 e. The average Bonchev–Trinajstić information content (AvgIpc) is 2.81. The quantitative estimate of drug-likeness (QED) is 0.721. The van der Waals surface area contributed by atoms with Crippen LogP contribution in [0.5, 0.6) is 0 Å². The number of rotatable bonds is 2. The van der Waals surface area contributed by atoms with Crippen molar-refractivity contribution >= 4 is 33.0 Å². The van der Waals surface area contributed by atoms with Gasteiger partial charge in [0.05, 0.1) is 0 Å². The number of halogens is 2. The summed E-state index contributed by atoms with van der Waals surface area (Å²) in [5.74, 6) is -0.274. The summed E-state index contributed by atoms with van der Waals surface area (Å²) in [5, 5.41) is 11.7. The van der Waals surface area contributed by atoms with Gasteiger partial charge in [0.15, 0.2) is 0 Å². The Balaban J connectivity index is 2.07. The highest BCUT2D eigenvalue weighted by atomic mass is 35.5. The number of hydrogen-bond acceptors (Lipinski definition) is 2. The Morgan fingerprint density at radius 3 is 2.68 bits per heavy atom. The fourth-order valence-electron chi connectivity index (χ4n) is 2.02. The molecule has 3 aromatic rings. The molecule has 2 aromatic carbocycles.